The van der Waals surface area contributed by atoms with Crippen molar-refractivity contribution in [1.82, 2.24) is 5.32 Å². The van der Waals surface area contributed by atoms with E-state index in [1.165, 1.54) is 16.7 Å². The second kappa shape index (κ2) is 6.39. The Hall–Kier alpha value is -1.03. The summed E-state index contributed by atoms with van der Waals surface area (Å²) >= 11 is 9.78. The summed E-state index contributed by atoms with van der Waals surface area (Å²) in [5.41, 5.74) is 3.65. The number of halogens is 2. The molecule has 0 aliphatic carbocycles. The lowest BCUT2D eigenvalue weighted by molar-refractivity contribution is 0.352. The zero-order chi connectivity index (χ0) is 14.8. The van der Waals surface area contributed by atoms with Crippen molar-refractivity contribution in [2.75, 3.05) is 13.7 Å². The molecule has 1 unspecified atom stereocenters. The van der Waals surface area contributed by atoms with Gasteiger partial charge in [0.05, 0.1) is 6.61 Å². The quantitative estimate of drug-likeness (QED) is 0.857. The summed E-state index contributed by atoms with van der Waals surface area (Å²) in [5, 5.41) is 4.18. The molecule has 110 valence electrons. The molecule has 2 aromatic carbocycles. The number of benzene rings is 2. The zero-order valence-electron chi connectivity index (χ0n) is 11.8. The summed E-state index contributed by atoms with van der Waals surface area (Å²) in [7, 11) is 1.98. The number of fused-ring (bicyclic) bond motifs is 1. The normalized spacial score (nSPS) is 14.6. The lowest BCUT2D eigenvalue weighted by Crippen LogP contribution is -2.19. The number of hydrogen-bond donors (Lipinski definition) is 1. The van der Waals surface area contributed by atoms with Gasteiger partial charge in [0.25, 0.3) is 0 Å². The molecule has 1 aliphatic rings. The van der Waals surface area contributed by atoms with Gasteiger partial charge in [-0.05, 0) is 54.4 Å². The molecule has 4 heteroatoms. The average Bonchev–Trinajstić information content (AvgIpc) is 2.92. The highest BCUT2D eigenvalue weighted by atomic mass is 79.9. The summed E-state index contributed by atoms with van der Waals surface area (Å²) < 4.78 is 6.88. The highest BCUT2D eigenvalue weighted by Crippen LogP contribution is 2.35. The number of ether oxygens (including phenoxy) is 1. The third kappa shape index (κ3) is 3.25. The van der Waals surface area contributed by atoms with Gasteiger partial charge in [0, 0.05) is 22.0 Å². The van der Waals surface area contributed by atoms with E-state index < -0.39 is 0 Å². The van der Waals surface area contributed by atoms with E-state index in [0.717, 1.165) is 34.7 Å². The van der Waals surface area contributed by atoms with Gasteiger partial charge in [0.1, 0.15) is 5.75 Å². The minimum Gasteiger partial charge on any atom is -0.493 e. The summed E-state index contributed by atoms with van der Waals surface area (Å²) in [4.78, 5) is 0. The highest BCUT2D eigenvalue weighted by molar-refractivity contribution is 9.10. The van der Waals surface area contributed by atoms with Crippen LogP contribution in [0.4, 0.5) is 0 Å². The van der Waals surface area contributed by atoms with Gasteiger partial charge in [-0.3, -0.25) is 0 Å². The molecule has 0 aromatic heterocycles. The smallest absolute Gasteiger partial charge is 0.125 e. The third-order valence-electron chi connectivity index (χ3n) is 3.85. The number of likely N-dealkylation sites (N-methyl/N-ethyl adjacent to an activating group) is 1. The predicted molar refractivity (Wildman–Crippen MR) is 90.3 cm³/mol. The van der Waals surface area contributed by atoms with Gasteiger partial charge in [0.15, 0.2) is 0 Å². The van der Waals surface area contributed by atoms with Crippen molar-refractivity contribution in [3.8, 4) is 5.75 Å². The van der Waals surface area contributed by atoms with Crippen LogP contribution < -0.4 is 10.1 Å². The molecular weight excluding hydrogens is 350 g/mol. The predicted octanol–water partition coefficient (Wildman–Crippen LogP) is 4.54. The maximum Gasteiger partial charge on any atom is 0.125 e. The molecule has 1 heterocycles. The SMILES string of the molecule is CNC(Cc1cc(Cl)cc2c1OCC2)c1cccc(Br)c1. The van der Waals surface area contributed by atoms with Gasteiger partial charge in [-0.2, -0.15) is 0 Å². The number of rotatable bonds is 4. The number of nitrogens with one attached hydrogen (secondary N) is 1. The van der Waals surface area contributed by atoms with Crippen molar-refractivity contribution >= 4 is 27.5 Å². The minimum absolute atomic E-state index is 0.231. The summed E-state index contributed by atoms with van der Waals surface area (Å²) in [6.07, 6.45) is 1.81. The molecule has 1 aliphatic heterocycles. The van der Waals surface area contributed by atoms with Gasteiger partial charge in [-0.1, -0.05) is 39.7 Å². The molecule has 0 spiro atoms. The molecule has 3 rings (SSSR count). The molecule has 0 radical (unpaired) electrons. The van der Waals surface area contributed by atoms with Crippen molar-refractivity contribution in [2.24, 2.45) is 0 Å². The number of hydrogen-bond acceptors (Lipinski definition) is 2. The Balaban J connectivity index is 1.91. The molecule has 0 amide bonds. The topological polar surface area (TPSA) is 21.3 Å². The van der Waals surface area contributed by atoms with E-state index in [9.17, 15) is 0 Å². The van der Waals surface area contributed by atoms with Gasteiger partial charge >= 0.3 is 0 Å². The van der Waals surface area contributed by atoms with Gasteiger partial charge in [-0.25, -0.2) is 0 Å². The van der Waals surface area contributed by atoms with Crippen molar-refractivity contribution in [3.05, 3.63) is 62.6 Å². The first kappa shape index (κ1) is 14.9. The standard InChI is InChI=1S/C17H17BrClNO/c1-20-16(11-3-2-4-14(18)7-11)10-13-9-15(19)8-12-5-6-21-17(12)13/h2-4,7-9,16,20H,5-6,10H2,1H3. The van der Waals surface area contributed by atoms with E-state index in [1.807, 2.05) is 25.2 Å². The van der Waals surface area contributed by atoms with E-state index in [2.05, 4.69) is 39.4 Å². The Morgan fingerprint density at radius 1 is 1.33 bits per heavy atom. The molecule has 0 saturated heterocycles. The zero-order valence-corrected chi connectivity index (χ0v) is 14.2. The van der Waals surface area contributed by atoms with Gasteiger partial charge < -0.3 is 10.1 Å². The fourth-order valence-corrected chi connectivity index (χ4v) is 3.51. The second-order valence-corrected chi connectivity index (χ2v) is 6.60. The van der Waals surface area contributed by atoms with Crippen LogP contribution in [0.1, 0.15) is 22.7 Å². The lowest BCUT2D eigenvalue weighted by Gasteiger charge is -2.19. The monoisotopic (exact) mass is 365 g/mol. The molecular formula is C17H17BrClNO. The molecule has 2 aromatic rings. The minimum atomic E-state index is 0.231. The van der Waals surface area contributed by atoms with Crippen molar-refractivity contribution in [1.29, 1.82) is 0 Å². The summed E-state index contributed by atoms with van der Waals surface area (Å²) in [5.74, 6) is 1.02. The van der Waals surface area contributed by atoms with Crippen molar-refractivity contribution in [2.45, 2.75) is 18.9 Å². The average molecular weight is 367 g/mol. The van der Waals surface area contributed by atoms with Crippen LogP contribution in [0.3, 0.4) is 0 Å². The largest absolute Gasteiger partial charge is 0.493 e. The van der Waals surface area contributed by atoms with E-state index in [4.69, 9.17) is 16.3 Å². The molecule has 0 bridgehead atoms. The van der Waals surface area contributed by atoms with E-state index in [-0.39, 0.29) is 6.04 Å². The van der Waals surface area contributed by atoms with E-state index >= 15 is 0 Å². The Morgan fingerprint density at radius 2 is 2.19 bits per heavy atom. The first-order valence-electron chi connectivity index (χ1n) is 7.04. The maximum atomic E-state index is 6.24. The van der Waals surface area contributed by atoms with Crippen molar-refractivity contribution in [3.63, 3.8) is 0 Å². The summed E-state index contributed by atoms with van der Waals surface area (Å²) in [6, 6.07) is 12.6. The Morgan fingerprint density at radius 3 is 2.95 bits per heavy atom. The van der Waals surface area contributed by atoms with Gasteiger partial charge in [0.2, 0.25) is 0 Å². The molecule has 0 fully saturated rings. The van der Waals surface area contributed by atoms with Crippen LogP contribution >= 0.6 is 27.5 Å². The molecule has 2 nitrogen and oxygen atoms in total. The first-order valence-corrected chi connectivity index (χ1v) is 8.21. The highest BCUT2D eigenvalue weighted by Gasteiger charge is 2.20. The first-order chi connectivity index (χ1) is 10.2. The Kier molecular flexibility index (Phi) is 4.53. The van der Waals surface area contributed by atoms with Crippen LogP contribution in [0.5, 0.6) is 5.75 Å². The lowest BCUT2D eigenvalue weighted by atomic mass is 9.97. The van der Waals surface area contributed by atoms with Crippen LogP contribution in [0.2, 0.25) is 5.02 Å². The van der Waals surface area contributed by atoms with Crippen LogP contribution in [0.15, 0.2) is 40.9 Å². The fourth-order valence-electron chi connectivity index (χ4n) is 2.83. The molecule has 1 atom stereocenters. The molecule has 0 saturated carbocycles. The van der Waals surface area contributed by atoms with E-state index in [0.29, 0.717) is 0 Å². The molecule has 1 N–H and O–H groups in total. The van der Waals surface area contributed by atoms with Crippen LogP contribution in [-0.2, 0) is 12.8 Å². The van der Waals surface area contributed by atoms with Crippen molar-refractivity contribution < 1.29 is 4.74 Å². The van der Waals surface area contributed by atoms with E-state index in [1.54, 1.807) is 0 Å². The Bertz CT molecular complexity index is 659. The Labute approximate surface area is 138 Å². The third-order valence-corrected chi connectivity index (χ3v) is 4.56. The van der Waals surface area contributed by atoms with Gasteiger partial charge in [-0.15, -0.1) is 0 Å². The molecule has 21 heavy (non-hydrogen) atoms. The maximum absolute atomic E-state index is 6.24. The summed E-state index contributed by atoms with van der Waals surface area (Å²) in [6.45, 7) is 0.754. The van der Waals surface area contributed by atoms with Crippen LogP contribution in [-0.4, -0.2) is 13.7 Å². The van der Waals surface area contributed by atoms with Crippen LogP contribution in [0, 0.1) is 0 Å². The second-order valence-electron chi connectivity index (χ2n) is 5.25. The van der Waals surface area contributed by atoms with Crippen LogP contribution in [0.25, 0.3) is 0 Å². The fraction of sp³-hybridized carbons (Fsp3) is 0.294.